The summed E-state index contributed by atoms with van der Waals surface area (Å²) in [5, 5.41) is 3.00. The minimum atomic E-state index is -0.144. The number of nitrogens with zero attached hydrogens (tertiary/aromatic N) is 1. The molecule has 1 saturated heterocycles. The SMILES string of the molecule is CC[C@@H]1CCCCN1CCCNC(=O)c1c(OC)cccc1OC. The number of likely N-dealkylation sites (tertiary alicyclic amines) is 1. The Labute approximate surface area is 145 Å². The zero-order valence-corrected chi connectivity index (χ0v) is 15.1. The average molecular weight is 334 g/mol. The Morgan fingerprint density at radius 2 is 1.96 bits per heavy atom. The van der Waals surface area contributed by atoms with Crippen molar-refractivity contribution in [3.63, 3.8) is 0 Å². The van der Waals surface area contributed by atoms with Gasteiger partial charge in [0.05, 0.1) is 14.2 Å². The second-order valence-corrected chi connectivity index (χ2v) is 6.24. The summed E-state index contributed by atoms with van der Waals surface area (Å²) in [6, 6.07) is 6.08. The van der Waals surface area contributed by atoms with Gasteiger partial charge in [-0.3, -0.25) is 4.79 Å². The predicted octanol–water partition coefficient (Wildman–Crippen LogP) is 3.09. The molecule has 0 aromatic heterocycles. The number of nitrogens with one attached hydrogen (secondary N) is 1. The maximum absolute atomic E-state index is 12.5. The van der Waals surface area contributed by atoms with Crippen molar-refractivity contribution >= 4 is 5.91 Å². The molecule has 24 heavy (non-hydrogen) atoms. The molecule has 1 fully saturated rings. The fraction of sp³-hybridized carbons (Fsp3) is 0.632. The zero-order valence-electron chi connectivity index (χ0n) is 15.1. The summed E-state index contributed by atoms with van der Waals surface area (Å²) in [6.07, 6.45) is 6.12. The van der Waals surface area contributed by atoms with E-state index in [1.54, 1.807) is 26.4 Å². The molecule has 0 spiro atoms. The minimum absolute atomic E-state index is 0.144. The largest absolute Gasteiger partial charge is 0.496 e. The third kappa shape index (κ3) is 4.63. The van der Waals surface area contributed by atoms with Gasteiger partial charge in [0.15, 0.2) is 0 Å². The summed E-state index contributed by atoms with van der Waals surface area (Å²) in [6.45, 7) is 5.15. The molecule has 1 amide bonds. The molecular formula is C19H30N2O3. The van der Waals surface area contributed by atoms with Crippen molar-refractivity contribution in [2.75, 3.05) is 33.9 Å². The molecule has 0 bridgehead atoms. The second kappa shape index (κ2) is 9.52. The molecule has 1 aromatic rings. The minimum Gasteiger partial charge on any atom is -0.496 e. The third-order valence-corrected chi connectivity index (χ3v) is 4.78. The van der Waals surface area contributed by atoms with E-state index >= 15 is 0 Å². The number of carbonyl (C=O) groups is 1. The first-order valence-electron chi connectivity index (χ1n) is 8.94. The summed E-state index contributed by atoms with van der Waals surface area (Å²) < 4.78 is 10.6. The number of piperidine rings is 1. The maximum Gasteiger partial charge on any atom is 0.258 e. The number of amides is 1. The van der Waals surface area contributed by atoms with E-state index in [4.69, 9.17) is 9.47 Å². The fourth-order valence-corrected chi connectivity index (χ4v) is 3.46. The van der Waals surface area contributed by atoms with Crippen LogP contribution in [0.3, 0.4) is 0 Å². The molecule has 5 nitrogen and oxygen atoms in total. The Kier molecular flexibility index (Phi) is 7.37. The number of carbonyl (C=O) groups excluding carboxylic acids is 1. The van der Waals surface area contributed by atoms with E-state index < -0.39 is 0 Å². The van der Waals surface area contributed by atoms with Crippen molar-refractivity contribution in [1.82, 2.24) is 10.2 Å². The van der Waals surface area contributed by atoms with E-state index in [1.165, 1.54) is 32.2 Å². The van der Waals surface area contributed by atoms with E-state index in [9.17, 15) is 4.79 Å². The zero-order chi connectivity index (χ0) is 17.4. The monoisotopic (exact) mass is 334 g/mol. The molecule has 0 radical (unpaired) electrons. The van der Waals surface area contributed by atoms with Crippen LogP contribution in [0.15, 0.2) is 18.2 Å². The second-order valence-electron chi connectivity index (χ2n) is 6.24. The van der Waals surface area contributed by atoms with Crippen LogP contribution in [0.4, 0.5) is 0 Å². The molecule has 1 aliphatic rings. The van der Waals surface area contributed by atoms with Crippen LogP contribution in [-0.4, -0.2) is 50.7 Å². The summed E-state index contributed by atoms with van der Waals surface area (Å²) in [5.74, 6) is 0.929. The van der Waals surface area contributed by atoms with Crippen molar-refractivity contribution in [2.24, 2.45) is 0 Å². The molecule has 1 heterocycles. The highest BCUT2D eigenvalue weighted by molar-refractivity contribution is 5.99. The van der Waals surface area contributed by atoms with Gasteiger partial charge in [0, 0.05) is 19.1 Å². The molecule has 2 rings (SSSR count). The molecule has 0 unspecified atom stereocenters. The van der Waals surface area contributed by atoms with Gasteiger partial charge in [-0.15, -0.1) is 0 Å². The van der Waals surface area contributed by atoms with E-state index in [-0.39, 0.29) is 5.91 Å². The van der Waals surface area contributed by atoms with Gasteiger partial charge in [0.2, 0.25) is 0 Å². The number of hydrogen-bond acceptors (Lipinski definition) is 4. The highest BCUT2D eigenvalue weighted by atomic mass is 16.5. The quantitative estimate of drug-likeness (QED) is 0.742. The number of benzene rings is 1. The summed E-state index contributed by atoms with van der Waals surface area (Å²) in [4.78, 5) is 15.1. The van der Waals surface area contributed by atoms with Gasteiger partial charge in [-0.05, 0) is 44.4 Å². The van der Waals surface area contributed by atoms with Crippen molar-refractivity contribution in [3.05, 3.63) is 23.8 Å². The van der Waals surface area contributed by atoms with Gasteiger partial charge in [0.1, 0.15) is 17.1 Å². The Balaban J connectivity index is 1.85. The number of rotatable bonds is 8. The van der Waals surface area contributed by atoms with Gasteiger partial charge in [0.25, 0.3) is 5.91 Å². The molecule has 1 aliphatic heterocycles. The number of hydrogen-bond donors (Lipinski definition) is 1. The Morgan fingerprint density at radius 3 is 2.58 bits per heavy atom. The van der Waals surface area contributed by atoms with Crippen LogP contribution in [0.1, 0.15) is 49.4 Å². The molecule has 1 aromatic carbocycles. The van der Waals surface area contributed by atoms with Gasteiger partial charge >= 0.3 is 0 Å². The third-order valence-electron chi connectivity index (χ3n) is 4.78. The molecule has 0 aliphatic carbocycles. The van der Waals surface area contributed by atoms with E-state index in [0.29, 0.717) is 29.6 Å². The average Bonchev–Trinajstić information content (AvgIpc) is 2.64. The standard InChI is InChI=1S/C19H30N2O3/c1-4-15-9-5-6-13-21(15)14-8-12-20-19(22)18-16(23-2)10-7-11-17(18)24-3/h7,10-11,15H,4-6,8-9,12-14H2,1-3H3,(H,20,22)/t15-/m1/s1. The number of ether oxygens (including phenoxy) is 2. The Bertz CT molecular complexity index is 511. The van der Waals surface area contributed by atoms with Gasteiger partial charge in [-0.1, -0.05) is 19.4 Å². The molecular weight excluding hydrogens is 304 g/mol. The molecule has 1 N–H and O–H groups in total. The van der Waals surface area contributed by atoms with Gasteiger partial charge in [-0.2, -0.15) is 0 Å². The molecule has 5 heteroatoms. The number of methoxy groups -OCH3 is 2. The van der Waals surface area contributed by atoms with Crippen molar-refractivity contribution < 1.29 is 14.3 Å². The van der Waals surface area contributed by atoms with Crippen LogP contribution < -0.4 is 14.8 Å². The first-order valence-corrected chi connectivity index (χ1v) is 8.94. The predicted molar refractivity (Wildman–Crippen MR) is 96.0 cm³/mol. The normalized spacial score (nSPS) is 18.2. The van der Waals surface area contributed by atoms with Crippen LogP contribution in [0, 0.1) is 0 Å². The van der Waals surface area contributed by atoms with Crippen LogP contribution >= 0.6 is 0 Å². The van der Waals surface area contributed by atoms with Gasteiger partial charge in [-0.25, -0.2) is 0 Å². The van der Waals surface area contributed by atoms with Crippen molar-refractivity contribution in [1.29, 1.82) is 0 Å². The van der Waals surface area contributed by atoms with Gasteiger partial charge < -0.3 is 19.7 Å². The van der Waals surface area contributed by atoms with E-state index in [0.717, 1.165) is 13.0 Å². The molecule has 0 saturated carbocycles. The van der Waals surface area contributed by atoms with E-state index in [1.807, 2.05) is 6.07 Å². The topological polar surface area (TPSA) is 50.8 Å². The highest BCUT2D eigenvalue weighted by Gasteiger charge is 2.21. The lowest BCUT2D eigenvalue weighted by atomic mass is 10.00. The smallest absolute Gasteiger partial charge is 0.258 e. The Hall–Kier alpha value is -1.75. The first kappa shape index (κ1) is 18.6. The summed E-state index contributed by atoms with van der Waals surface area (Å²) >= 11 is 0. The fourth-order valence-electron chi connectivity index (χ4n) is 3.46. The van der Waals surface area contributed by atoms with Crippen LogP contribution in [-0.2, 0) is 0 Å². The summed E-state index contributed by atoms with van der Waals surface area (Å²) in [5.41, 5.74) is 0.465. The molecule has 1 atom stereocenters. The van der Waals surface area contributed by atoms with Crippen molar-refractivity contribution in [3.8, 4) is 11.5 Å². The highest BCUT2D eigenvalue weighted by Crippen LogP contribution is 2.28. The maximum atomic E-state index is 12.5. The lowest BCUT2D eigenvalue weighted by molar-refractivity contribution is 0.0941. The lowest BCUT2D eigenvalue weighted by Gasteiger charge is -2.35. The molecule has 134 valence electrons. The van der Waals surface area contributed by atoms with Crippen LogP contribution in [0.2, 0.25) is 0 Å². The first-order chi connectivity index (χ1) is 11.7. The van der Waals surface area contributed by atoms with E-state index in [2.05, 4.69) is 17.1 Å². The lowest BCUT2D eigenvalue weighted by Crippen LogP contribution is -2.40. The Morgan fingerprint density at radius 1 is 1.25 bits per heavy atom. The van der Waals surface area contributed by atoms with Crippen LogP contribution in [0.5, 0.6) is 11.5 Å². The van der Waals surface area contributed by atoms with Crippen molar-refractivity contribution in [2.45, 2.75) is 45.1 Å². The van der Waals surface area contributed by atoms with Crippen LogP contribution in [0.25, 0.3) is 0 Å². The summed E-state index contributed by atoms with van der Waals surface area (Å²) in [7, 11) is 3.12.